The molecule has 0 unspecified atom stereocenters. The number of nitrogens with one attached hydrogen (secondary N) is 1. The van der Waals surface area contributed by atoms with E-state index in [0.717, 1.165) is 28.5 Å². The number of halogens is 3. The number of carbonyl (C=O) groups is 1. The zero-order valence-electron chi connectivity index (χ0n) is 16.5. The highest BCUT2D eigenvalue weighted by Crippen LogP contribution is 2.40. The fraction of sp³-hybridized carbons (Fsp3) is 0.409. The van der Waals surface area contributed by atoms with E-state index in [2.05, 4.69) is 19.4 Å². The molecule has 0 radical (unpaired) electrons. The largest absolute Gasteiger partial charge is 1.00 e. The Balaban J connectivity index is 0.00000240. The van der Waals surface area contributed by atoms with E-state index in [-0.39, 0.29) is 23.1 Å². The van der Waals surface area contributed by atoms with Gasteiger partial charge in [-0.05, 0) is 35.9 Å². The molecule has 156 valence electrons. The van der Waals surface area contributed by atoms with Gasteiger partial charge in [0, 0.05) is 41.3 Å². The summed E-state index contributed by atoms with van der Waals surface area (Å²) in [5, 5.41) is 4.13. The number of rotatable bonds is 3. The van der Waals surface area contributed by atoms with Crippen LogP contribution in [0.4, 0.5) is 10.5 Å². The van der Waals surface area contributed by atoms with Crippen LogP contribution in [0.25, 0.3) is 11.1 Å². The molecule has 2 heterocycles. The van der Waals surface area contributed by atoms with E-state index in [4.69, 9.17) is 27.9 Å². The lowest BCUT2D eigenvalue weighted by molar-refractivity contribution is -0.931. The van der Waals surface area contributed by atoms with E-state index in [1.807, 2.05) is 30.3 Å². The number of piperidine rings is 1. The number of benzene rings is 2. The first-order valence-electron chi connectivity index (χ1n) is 9.69. The molecule has 2 saturated heterocycles. The lowest BCUT2D eigenvalue weighted by Crippen LogP contribution is -3.00. The second-order valence-electron chi connectivity index (χ2n) is 8.34. The number of ether oxygens (including phenoxy) is 1. The lowest BCUT2D eigenvalue weighted by atomic mass is 9.98. The van der Waals surface area contributed by atoms with Crippen LogP contribution < -0.4 is 22.3 Å². The summed E-state index contributed by atoms with van der Waals surface area (Å²) in [7, 11) is 4.59. The van der Waals surface area contributed by atoms with Gasteiger partial charge < -0.3 is 26.2 Å². The first kappa shape index (κ1) is 22.4. The topological polar surface area (TPSA) is 38.3 Å². The smallest absolute Gasteiger partial charge is 0.411 e. The third kappa shape index (κ3) is 4.74. The Bertz CT molecular complexity index is 890. The zero-order valence-corrected chi connectivity index (χ0v) is 19.6. The summed E-state index contributed by atoms with van der Waals surface area (Å²) < 4.78 is 6.85. The quantitative estimate of drug-likeness (QED) is 0.659. The molecule has 0 spiro atoms. The lowest BCUT2D eigenvalue weighted by Gasteiger charge is -2.43. The van der Waals surface area contributed by atoms with Gasteiger partial charge in [-0.1, -0.05) is 35.3 Å². The van der Waals surface area contributed by atoms with Crippen LogP contribution in [0.5, 0.6) is 0 Å². The number of hydrogen-bond donors (Lipinski definition) is 1. The SMILES string of the molecule is C[N+]1(C)[C@@H]2CC[C@H]1C[C@@H](OC(=O)Nc1ccc(Cl)cc1-c1cccc(Cl)c1)C2.[Br-]. The standard InChI is InChI=1S/C22H24Cl2N2O2.BrH/c1-26(2)17-7-8-18(26)13-19(12-17)28-22(27)25-21-9-6-16(24)11-20(21)14-4-3-5-15(23)10-14;/h3-6,9-11,17-19H,7-8,12-13H2,1-2H3;1H/t17-,18+,19+;. The highest BCUT2D eigenvalue weighted by Gasteiger charge is 2.49. The summed E-state index contributed by atoms with van der Waals surface area (Å²) in [5.41, 5.74) is 2.36. The fourth-order valence-corrected chi connectivity index (χ4v) is 5.10. The normalized spacial score (nSPS) is 24.5. The molecule has 2 aromatic rings. The van der Waals surface area contributed by atoms with Crippen LogP contribution in [0.3, 0.4) is 0 Å². The Morgan fingerprint density at radius 3 is 2.34 bits per heavy atom. The Morgan fingerprint density at radius 2 is 1.69 bits per heavy atom. The van der Waals surface area contributed by atoms with Gasteiger partial charge in [0.05, 0.1) is 31.9 Å². The number of nitrogens with zero attached hydrogens (tertiary/aromatic N) is 1. The molecule has 2 aliphatic heterocycles. The Morgan fingerprint density at radius 1 is 1.03 bits per heavy atom. The van der Waals surface area contributed by atoms with Crippen molar-refractivity contribution in [3.63, 3.8) is 0 Å². The molecule has 1 N–H and O–H groups in total. The Kier molecular flexibility index (Phi) is 6.84. The summed E-state index contributed by atoms with van der Waals surface area (Å²) >= 11 is 12.3. The molecule has 2 aromatic carbocycles. The van der Waals surface area contributed by atoms with Gasteiger partial charge in [0.1, 0.15) is 6.10 Å². The van der Waals surface area contributed by atoms with Crippen molar-refractivity contribution in [2.75, 3.05) is 19.4 Å². The minimum absolute atomic E-state index is 0. The van der Waals surface area contributed by atoms with E-state index in [9.17, 15) is 4.79 Å². The number of amides is 1. The van der Waals surface area contributed by atoms with Gasteiger partial charge in [0.15, 0.2) is 0 Å². The summed E-state index contributed by atoms with van der Waals surface area (Å²) in [6, 6.07) is 14.0. The van der Waals surface area contributed by atoms with Crippen LogP contribution in [0, 0.1) is 0 Å². The van der Waals surface area contributed by atoms with Crippen LogP contribution in [0.1, 0.15) is 25.7 Å². The minimum atomic E-state index is -0.415. The third-order valence-electron chi connectivity index (χ3n) is 6.41. The maximum absolute atomic E-state index is 12.6. The Labute approximate surface area is 192 Å². The summed E-state index contributed by atoms with van der Waals surface area (Å²) in [5.74, 6) is 0. The maximum atomic E-state index is 12.6. The molecule has 29 heavy (non-hydrogen) atoms. The average molecular weight is 500 g/mol. The third-order valence-corrected chi connectivity index (χ3v) is 6.88. The number of anilines is 1. The average Bonchev–Trinajstić information content (AvgIpc) is 2.81. The van der Waals surface area contributed by atoms with Crippen molar-refractivity contribution in [2.45, 2.75) is 43.9 Å². The fourth-order valence-electron chi connectivity index (χ4n) is 4.74. The summed E-state index contributed by atoms with van der Waals surface area (Å²) in [6.07, 6.45) is 3.86. The summed E-state index contributed by atoms with van der Waals surface area (Å²) in [6.45, 7) is 0. The molecule has 2 aliphatic rings. The predicted molar refractivity (Wildman–Crippen MR) is 114 cm³/mol. The molecule has 2 bridgehead atoms. The number of fused-ring (bicyclic) bond motifs is 2. The maximum Gasteiger partial charge on any atom is 0.411 e. The predicted octanol–water partition coefficient (Wildman–Crippen LogP) is 2.98. The number of hydrogen-bond acceptors (Lipinski definition) is 2. The van der Waals surface area contributed by atoms with E-state index in [1.54, 1.807) is 12.1 Å². The number of carbonyl (C=O) groups excluding carboxylic acids is 1. The van der Waals surface area contributed by atoms with E-state index >= 15 is 0 Å². The summed E-state index contributed by atoms with van der Waals surface area (Å²) in [4.78, 5) is 12.6. The zero-order chi connectivity index (χ0) is 19.9. The molecule has 3 atom stereocenters. The molecular formula is C22H25BrCl2N2O2. The van der Waals surface area contributed by atoms with Gasteiger partial charge in [-0.15, -0.1) is 0 Å². The second kappa shape index (κ2) is 8.84. The van der Waals surface area contributed by atoms with E-state index < -0.39 is 6.09 Å². The molecule has 0 saturated carbocycles. The molecule has 0 aromatic heterocycles. The van der Waals surface area contributed by atoms with Crippen LogP contribution >= 0.6 is 23.2 Å². The molecule has 2 fully saturated rings. The molecule has 1 amide bonds. The van der Waals surface area contributed by atoms with Crippen LogP contribution in [-0.4, -0.2) is 42.9 Å². The minimum Gasteiger partial charge on any atom is -1.00 e. The molecule has 4 rings (SSSR count). The van der Waals surface area contributed by atoms with Crippen LogP contribution in [0.15, 0.2) is 42.5 Å². The highest BCUT2D eigenvalue weighted by atomic mass is 79.9. The van der Waals surface area contributed by atoms with E-state index in [1.165, 1.54) is 12.8 Å². The molecule has 0 aliphatic carbocycles. The van der Waals surface area contributed by atoms with Gasteiger partial charge in [-0.3, -0.25) is 5.32 Å². The van der Waals surface area contributed by atoms with Crippen molar-refractivity contribution in [3.8, 4) is 11.1 Å². The van der Waals surface area contributed by atoms with E-state index in [0.29, 0.717) is 27.8 Å². The first-order chi connectivity index (χ1) is 13.3. The van der Waals surface area contributed by atoms with Gasteiger partial charge in [-0.25, -0.2) is 4.79 Å². The van der Waals surface area contributed by atoms with Crippen LogP contribution in [-0.2, 0) is 4.74 Å². The molecule has 7 heteroatoms. The second-order valence-corrected chi connectivity index (χ2v) is 9.21. The van der Waals surface area contributed by atoms with Gasteiger partial charge in [-0.2, -0.15) is 0 Å². The van der Waals surface area contributed by atoms with Gasteiger partial charge in [0.25, 0.3) is 0 Å². The van der Waals surface area contributed by atoms with Crippen LogP contribution in [0.2, 0.25) is 10.0 Å². The van der Waals surface area contributed by atoms with Crippen molar-refractivity contribution >= 4 is 35.0 Å². The van der Waals surface area contributed by atoms with Gasteiger partial charge in [0.2, 0.25) is 0 Å². The van der Waals surface area contributed by atoms with Crippen molar-refractivity contribution in [2.24, 2.45) is 0 Å². The number of quaternary nitrogens is 1. The van der Waals surface area contributed by atoms with Crippen molar-refractivity contribution in [1.82, 2.24) is 0 Å². The first-order valence-corrected chi connectivity index (χ1v) is 10.4. The van der Waals surface area contributed by atoms with Crippen molar-refractivity contribution < 1.29 is 31.0 Å². The molecular weight excluding hydrogens is 475 g/mol. The molecule has 4 nitrogen and oxygen atoms in total. The Hall–Kier alpha value is -1.27. The monoisotopic (exact) mass is 498 g/mol. The van der Waals surface area contributed by atoms with Gasteiger partial charge >= 0.3 is 6.09 Å². The van der Waals surface area contributed by atoms with Crippen molar-refractivity contribution in [1.29, 1.82) is 0 Å². The van der Waals surface area contributed by atoms with Crippen molar-refractivity contribution in [3.05, 3.63) is 52.5 Å². The highest BCUT2D eigenvalue weighted by molar-refractivity contribution is 6.31.